The summed E-state index contributed by atoms with van der Waals surface area (Å²) in [5.74, 6) is 0.752. The molecular weight excluding hydrogens is 534 g/mol. The molecule has 9 heteroatoms. The lowest BCUT2D eigenvalue weighted by Crippen LogP contribution is -2.53. The Morgan fingerprint density at radius 1 is 1.05 bits per heavy atom. The summed E-state index contributed by atoms with van der Waals surface area (Å²) in [6, 6.07) is 17.7. The fraction of sp³-hybridized carbons (Fsp3) is 0.312. The first-order valence-electron chi connectivity index (χ1n) is 13.9. The third-order valence-corrected chi connectivity index (χ3v) is 9.83. The molecule has 3 aromatic carbocycles. The fourth-order valence-electron chi connectivity index (χ4n) is 6.56. The number of thiophene rings is 1. The summed E-state index contributed by atoms with van der Waals surface area (Å²) in [5.41, 5.74) is 21.7. The van der Waals surface area contributed by atoms with Crippen LogP contribution < -0.4 is 27.3 Å². The number of ketones is 1. The van der Waals surface area contributed by atoms with Gasteiger partial charge in [0.05, 0.1) is 15.6 Å². The minimum atomic E-state index is -1.52. The van der Waals surface area contributed by atoms with Gasteiger partial charge in [-0.15, -0.1) is 11.3 Å². The molecule has 0 spiro atoms. The second kappa shape index (κ2) is 10.3. The van der Waals surface area contributed by atoms with Crippen molar-refractivity contribution in [2.45, 2.75) is 49.9 Å². The van der Waals surface area contributed by atoms with Crippen LogP contribution in [0.5, 0.6) is 11.5 Å². The molecule has 212 valence electrons. The number of Topliss-reactive ketones (excluding diaryl/α,β-unsaturated/α-hetero) is 1. The van der Waals surface area contributed by atoms with Crippen LogP contribution in [0.4, 0.5) is 5.69 Å². The van der Waals surface area contributed by atoms with E-state index >= 15 is 0 Å². The third-order valence-electron chi connectivity index (χ3n) is 8.58. The quantitative estimate of drug-likeness (QED) is 0.250. The highest BCUT2D eigenvalue weighted by atomic mass is 32.1. The molecule has 1 aromatic heterocycles. The number of carbonyl (C=O) groups is 2. The lowest BCUT2D eigenvalue weighted by molar-refractivity contribution is -0.124. The normalized spacial score (nSPS) is 23.8. The lowest BCUT2D eigenvalue weighted by Gasteiger charge is -2.37. The first-order chi connectivity index (χ1) is 19.6. The molecule has 1 amide bonds. The second-order valence-electron chi connectivity index (χ2n) is 11.3. The molecule has 8 nitrogen and oxygen atoms in total. The Morgan fingerprint density at radius 3 is 2.49 bits per heavy atom. The lowest BCUT2D eigenvalue weighted by atomic mass is 9.69. The zero-order valence-electron chi connectivity index (χ0n) is 23.4. The number of nitrogens with zero attached hydrogens (tertiary/aromatic N) is 1. The van der Waals surface area contributed by atoms with Gasteiger partial charge in [-0.05, 0) is 87.3 Å². The summed E-state index contributed by atoms with van der Waals surface area (Å²) in [5, 5.41) is 3.93. The van der Waals surface area contributed by atoms with Gasteiger partial charge in [0, 0.05) is 28.7 Å². The van der Waals surface area contributed by atoms with Crippen molar-refractivity contribution in [2.24, 2.45) is 11.5 Å². The van der Waals surface area contributed by atoms with E-state index in [2.05, 4.69) is 10.2 Å². The number of nitrogens with one attached hydrogen (secondary N) is 1. The molecule has 2 unspecified atom stereocenters. The van der Waals surface area contributed by atoms with Crippen molar-refractivity contribution in [3.05, 3.63) is 87.8 Å². The topological polar surface area (TPSA) is 137 Å². The highest BCUT2D eigenvalue weighted by Crippen LogP contribution is 2.50. The second-order valence-corrected chi connectivity index (χ2v) is 12.4. The fourth-order valence-corrected chi connectivity index (χ4v) is 7.76. The summed E-state index contributed by atoms with van der Waals surface area (Å²) in [6.07, 6.45) is 2.98. The Bertz CT molecular complexity index is 1670. The molecular formula is C32H35N5O3S. The monoisotopic (exact) mass is 569 g/mol. The number of likely N-dealkylation sites (N-methyl/N-ethyl adjacent to an activating group) is 1. The molecule has 4 atom stereocenters. The number of anilines is 1. The Hall–Kier alpha value is -3.76. The van der Waals surface area contributed by atoms with Crippen LogP contribution >= 0.6 is 11.3 Å². The van der Waals surface area contributed by atoms with Crippen molar-refractivity contribution in [3.63, 3.8) is 0 Å². The van der Waals surface area contributed by atoms with Crippen molar-refractivity contribution >= 4 is 38.8 Å². The Balaban J connectivity index is 1.43. The summed E-state index contributed by atoms with van der Waals surface area (Å²) in [7, 11) is 4.06. The van der Waals surface area contributed by atoms with Crippen molar-refractivity contribution in [3.8, 4) is 11.5 Å². The number of carbonyl (C=O) groups excluding carboxylic acids is 2. The van der Waals surface area contributed by atoms with Crippen LogP contribution in [-0.2, 0) is 10.3 Å². The molecule has 6 rings (SSSR count). The van der Waals surface area contributed by atoms with Crippen molar-refractivity contribution < 1.29 is 14.3 Å². The maximum atomic E-state index is 14.2. The first-order valence-corrected chi connectivity index (χ1v) is 14.7. The smallest absolute Gasteiger partial charge is 0.262 e. The SMILES string of the molecule is Cc1cc(Oc2ccccc2)ccc1C1(N)C(=O)C(N)c2c(C(=O)N[C@@H]3CCC[C@@H]3N(C)C)sc3c(N)ccc1c23. The number of nitrogen functional groups attached to an aromatic ring is 1. The third kappa shape index (κ3) is 4.40. The maximum Gasteiger partial charge on any atom is 0.262 e. The highest BCUT2D eigenvalue weighted by Gasteiger charge is 2.49. The van der Waals surface area contributed by atoms with Crippen LogP contribution in [0.15, 0.2) is 60.7 Å². The average Bonchev–Trinajstić information content (AvgIpc) is 3.58. The highest BCUT2D eigenvalue weighted by molar-refractivity contribution is 7.21. The van der Waals surface area contributed by atoms with E-state index < -0.39 is 11.6 Å². The predicted octanol–water partition coefficient (Wildman–Crippen LogP) is 4.58. The molecule has 1 fully saturated rings. The molecule has 1 heterocycles. The molecule has 7 N–H and O–H groups in total. The van der Waals surface area contributed by atoms with Gasteiger partial charge in [0.1, 0.15) is 17.0 Å². The minimum Gasteiger partial charge on any atom is -0.457 e. The van der Waals surface area contributed by atoms with Gasteiger partial charge < -0.3 is 32.2 Å². The molecule has 2 aliphatic rings. The Morgan fingerprint density at radius 2 is 1.78 bits per heavy atom. The Kier molecular flexibility index (Phi) is 6.86. The van der Waals surface area contributed by atoms with E-state index in [0.29, 0.717) is 44.1 Å². The van der Waals surface area contributed by atoms with Crippen LogP contribution in [0.25, 0.3) is 10.1 Å². The van der Waals surface area contributed by atoms with Gasteiger partial charge in [0.2, 0.25) is 0 Å². The molecule has 2 aliphatic carbocycles. The zero-order chi connectivity index (χ0) is 29.1. The van der Waals surface area contributed by atoms with Gasteiger partial charge in [-0.25, -0.2) is 0 Å². The van der Waals surface area contributed by atoms with E-state index in [1.807, 2.05) is 69.6 Å². The Labute approximate surface area is 243 Å². The zero-order valence-corrected chi connectivity index (χ0v) is 24.3. The number of rotatable bonds is 6. The number of nitrogens with two attached hydrogens (primary N) is 3. The van der Waals surface area contributed by atoms with Crippen molar-refractivity contribution in [2.75, 3.05) is 19.8 Å². The minimum absolute atomic E-state index is 0.0233. The number of hydrogen-bond acceptors (Lipinski definition) is 8. The summed E-state index contributed by atoms with van der Waals surface area (Å²) in [4.78, 5) is 30.5. The molecule has 0 bridgehead atoms. The van der Waals surface area contributed by atoms with Gasteiger partial charge in [-0.3, -0.25) is 9.59 Å². The summed E-state index contributed by atoms with van der Waals surface area (Å²) in [6.45, 7) is 1.90. The number of para-hydroxylation sites is 1. The molecule has 0 saturated heterocycles. The van der Waals surface area contributed by atoms with E-state index in [0.717, 1.165) is 29.5 Å². The van der Waals surface area contributed by atoms with Crippen LogP contribution in [0.1, 0.15) is 57.2 Å². The summed E-state index contributed by atoms with van der Waals surface area (Å²) >= 11 is 1.28. The van der Waals surface area contributed by atoms with E-state index in [1.165, 1.54) is 11.3 Å². The number of aryl methyl sites for hydroxylation is 1. The maximum absolute atomic E-state index is 14.2. The largest absolute Gasteiger partial charge is 0.457 e. The number of amides is 1. The number of ether oxygens (including phenoxy) is 1. The molecule has 0 radical (unpaired) electrons. The van der Waals surface area contributed by atoms with Gasteiger partial charge in [0.15, 0.2) is 5.78 Å². The molecule has 1 saturated carbocycles. The van der Waals surface area contributed by atoms with Crippen molar-refractivity contribution in [1.82, 2.24) is 10.2 Å². The van der Waals surface area contributed by atoms with Crippen molar-refractivity contribution in [1.29, 1.82) is 0 Å². The van der Waals surface area contributed by atoms with Crippen LogP contribution in [0, 0.1) is 6.92 Å². The number of hydrogen-bond donors (Lipinski definition) is 4. The van der Waals surface area contributed by atoms with Gasteiger partial charge >= 0.3 is 0 Å². The van der Waals surface area contributed by atoms with E-state index in [-0.39, 0.29) is 23.8 Å². The van der Waals surface area contributed by atoms with Gasteiger partial charge in [0.25, 0.3) is 5.91 Å². The average molecular weight is 570 g/mol. The number of benzene rings is 3. The predicted molar refractivity (Wildman–Crippen MR) is 163 cm³/mol. The van der Waals surface area contributed by atoms with Gasteiger partial charge in [-0.2, -0.15) is 0 Å². The van der Waals surface area contributed by atoms with Crippen LogP contribution in [0.2, 0.25) is 0 Å². The van der Waals surface area contributed by atoms with Crippen LogP contribution in [-0.4, -0.2) is 42.8 Å². The van der Waals surface area contributed by atoms with E-state index in [1.54, 1.807) is 12.1 Å². The van der Waals surface area contributed by atoms with E-state index in [4.69, 9.17) is 21.9 Å². The first kappa shape index (κ1) is 27.4. The standard InChI is InChI=1S/C32H35N5O3S/c1-17-16-19(40-18-8-5-4-6-9-18)12-13-20(17)32(35)21-14-15-22(33)28-25(21)26(27(34)30(32)38)29(41-28)31(39)36-23-10-7-11-24(23)37(2)3/h4-6,8-9,12-16,23-24,27H,7,10-11,33-35H2,1-3H3,(H,36,39)/t23-,24+,27?,32?/m1/s1. The molecule has 41 heavy (non-hydrogen) atoms. The van der Waals surface area contributed by atoms with Crippen LogP contribution in [0.3, 0.4) is 0 Å². The molecule has 4 aromatic rings. The summed E-state index contributed by atoms with van der Waals surface area (Å²) < 4.78 is 6.73. The van der Waals surface area contributed by atoms with E-state index in [9.17, 15) is 9.59 Å². The molecule has 0 aliphatic heterocycles. The van der Waals surface area contributed by atoms with Gasteiger partial charge in [-0.1, -0.05) is 30.3 Å².